The number of hydrogen-bond acceptors (Lipinski definition) is 4. The molecule has 6 nitrogen and oxygen atoms in total. The zero-order valence-corrected chi connectivity index (χ0v) is 15.6. The highest BCUT2D eigenvalue weighted by Crippen LogP contribution is 2.37. The van der Waals surface area contributed by atoms with E-state index >= 15 is 0 Å². The summed E-state index contributed by atoms with van der Waals surface area (Å²) in [4.78, 5) is 18.3. The number of carbonyl (C=O) groups is 1. The molecule has 2 aromatic rings. The first-order chi connectivity index (χ1) is 12.6. The Balaban J connectivity index is 1.84. The molecule has 26 heavy (non-hydrogen) atoms. The Morgan fingerprint density at radius 2 is 2.15 bits per heavy atom. The number of rotatable bonds is 3. The first kappa shape index (κ1) is 17.4. The lowest BCUT2D eigenvalue weighted by atomic mass is 9.94. The highest BCUT2D eigenvalue weighted by atomic mass is 35.5. The lowest BCUT2D eigenvalue weighted by Crippen LogP contribution is -2.48. The van der Waals surface area contributed by atoms with E-state index in [-0.39, 0.29) is 5.91 Å². The van der Waals surface area contributed by atoms with Crippen molar-refractivity contribution >= 4 is 46.1 Å². The third-order valence-corrected chi connectivity index (χ3v) is 5.44. The molecule has 1 aliphatic carbocycles. The molecule has 0 spiro atoms. The minimum atomic E-state index is 0.0165. The average Bonchev–Trinajstić information content (AvgIpc) is 3.03. The fraction of sp³-hybridized carbons (Fsp3) is 0.333. The van der Waals surface area contributed by atoms with Crippen molar-refractivity contribution in [2.75, 3.05) is 24.5 Å². The number of piperazine rings is 1. The van der Waals surface area contributed by atoms with Crippen molar-refractivity contribution in [2.24, 2.45) is 5.73 Å². The molecule has 3 heterocycles. The van der Waals surface area contributed by atoms with Gasteiger partial charge in [-0.3, -0.25) is 9.20 Å². The SMILES string of the molecule is NCc1cc2ncc(N3CCNC(=O)C3)n2cc1C1=C(Cl)C=C(Cl)CC1. The summed E-state index contributed by atoms with van der Waals surface area (Å²) in [5, 5.41) is 4.25. The van der Waals surface area contributed by atoms with E-state index in [2.05, 4.69) is 10.3 Å². The Hall–Kier alpha value is -2.02. The van der Waals surface area contributed by atoms with Gasteiger partial charge in [-0.1, -0.05) is 23.2 Å². The Kier molecular flexibility index (Phi) is 4.65. The van der Waals surface area contributed by atoms with Crippen LogP contribution in [0.5, 0.6) is 0 Å². The minimum Gasteiger partial charge on any atom is -0.353 e. The van der Waals surface area contributed by atoms with E-state index in [1.807, 2.05) is 21.6 Å². The summed E-state index contributed by atoms with van der Waals surface area (Å²) in [6, 6.07) is 1.99. The number of halogens is 2. The van der Waals surface area contributed by atoms with Gasteiger partial charge in [0.2, 0.25) is 5.91 Å². The van der Waals surface area contributed by atoms with E-state index in [1.165, 1.54) is 0 Å². The number of aromatic nitrogens is 2. The number of nitrogens with one attached hydrogen (secondary N) is 1. The number of anilines is 1. The van der Waals surface area contributed by atoms with Gasteiger partial charge in [0.25, 0.3) is 0 Å². The maximum atomic E-state index is 11.8. The van der Waals surface area contributed by atoms with Gasteiger partial charge in [0, 0.05) is 41.5 Å². The quantitative estimate of drug-likeness (QED) is 0.842. The highest BCUT2D eigenvalue weighted by Gasteiger charge is 2.22. The molecule has 0 unspecified atom stereocenters. The van der Waals surface area contributed by atoms with Gasteiger partial charge in [0.1, 0.15) is 11.5 Å². The van der Waals surface area contributed by atoms with Crippen LogP contribution in [0.25, 0.3) is 11.2 Å². The summed E-state index contributed by atoms with van der Waals surface area (Å²) in [5.41, 5.74) is 9.82. The predicted octanol–water partition coefficient (Wildman–Crippen LogP) is 2.60. The fourth-order valence-electron chi connectivity index (χ4n) is 3.48. The molecule has 0 aromatic carbocycles. The molecule has 1 amide bonds. The first-order valence-corrected chi connectivity index (χ1v) is 9.29. The van der Waals surface area contributed by atoms with Gasteiger partial charge in [0.15, 0.2) is 0 Å². The smallest absolute Gasteiger partial charge is 0.239 e. The van der Waals surface area contributed by atoms with Crippen LogP contribution in [0.4, 0.5) is 5.82 Å². The van der Waals surface area contributed by atoms with Gasteiger partial charge < -0.3 is 16.0 Å². The molecular weight excluding hydrogens is 373 g/mol. The standard InChI is InChI=1S/C18H19Cl2N5O/c19-12-1-2-13(15(20)6-12)14-9-25-16(5-11(14)7-21)23-8-18(25)24-4-3-22-17(26)10-24/h5-6,8-9H,1-4,7,10,21H2,(H,22,26). The summed E-state index contributed by atoms with van der Waals surface area (Å²) in [5.74, 6) is 0.906. The van der Waals surface area contributed by atoms with Gasteiger partial charge in [-0.05, 0) is 36.1 Å². The maximum absolute atomic E-state index is 11.8. The van der Waals surface area contributed by atoms with Crippen LogP contribution in [-0.4, -0.2) is 34.9 Å². The van der Waals surface area contributed by atoms with Crippen LogP contribution in [0.1, 0.15) is 24.0 Å². The van der Waals surface area contributed by atoms with Crippen LogP contribution < -0.4 is 16.0 Å². The molecule has 0 radical (unpaired) electrons. The van der Waals surface area contributed by atoms with E-state index in [0.717, 1.165) is 52.6 Å². The topological polar surface area (TPSA) is 75.7 Å². The number of pyridine rings is 1. The van der Waals surface area contributed by atoms with Crippen LogP contribution in [-0.2, 0) is 11.3 Å². The molecule has 3 N–H and O–H groups in total. The monoisotopic (exact) mass is 391 g/mol. The van der Waals surface area contributed by atoms with Crippen molar-refractivity contribution in [1.29, 1.82) is 0 Å². The van der Waals surface area contributed by atoms with E-state index in [4.69, 9.17) is 28.9 Å². The number of allylic oxidation sites excluding steroid dienone is 4. The zero-order chi connectivity index (χ0) is 18.3. The Morgan fingerprint density at radius 1 is 1.31 bits per heavy atom. The number of fused-ring (bicyclic) bond motifs is 1. The third-order valence-electron chi connectivity index (χ3n) is 4.81. The number of carbonyl (C=O) groups excluding carboxylic acids is 1. The van der Waals surface area contributed by atoms with Crippen molar-refractivity contribution < 1.29 is 4.79 Å². The molecule has 2 aromatic heterocycles. The molecule has 0 atom stereocenters. The summed E-state index contributed by atoms with van der Waals surface area (Å²) >= 11 is 12.6. The molecule has 1 aliphatic heterocycles. The minimum absolute atomic E-state index is 0.0165. The molecule has 1 fully saturated rings. The highest BCUT2D eigenvalue weighted by molar-refractivity contribution is 6.37. The Bertz CT molecular complexity index is 946. The molecule has 0 bridgehead atoms. The van der Waals surface area contributed by atoms with Crippen LogP contribution in [0, 0.1) is 0 Å². The second-order valence-electron chi connectivity index (χ2n) is 6.45. The van der Waals surface area contributed by atoms with Crippen LogP contribution >= 0.6 is 23.2 Å². The fourth-order valence-corrected chi connectivity index (χ4v) is 4.07. The summed E-state index contributed by atoms with van der Waals surface area (Å²) in [6.45, 7) is 2.09. The number of hydrogen-bond donors (Lipinski definition) is 2. The first-order valence-electron chi connectivity index (χ1n) is 8.53. The molecule has 1 saturated heterocycles. The molecule has 8 heteroatoms. The van der Waals surface area contributed by atoms with Crippen LogP contribution in [0.2, 0.25) is 0 Å². The van der Waals surface area contributed by atoms with E-state index in [1.54, 1.807) is 12.3 Å². The van der Waals surface area contributed by atoms with Gasteiger partial charge >= 0.3 is 0 Å². The molecular formula is C18H19Cl2N5O. The average molecular weight is 392 g/mol. The lowest BCUT2D eigenvalue weighted by molar-refractivity contribution is -0.120. The van der Waals surface area contributed by atoms with Crippen molar-refractivity contribution in [3.05, 3.63) is 45.7 Å². The lowest BCUT2D eigenvalue weighted by Gasteiger charge is -2.28. The number of amides is 1. The van der Waals surface area contributed by atoms with Crippen molar-refractivity contribution in [3.8, 4) is 0 Å². The zero-order valence-electron chi connectivity index (χ0n) is 14.1. The number of nitrogens with zero attached hydrogens (tertiary/aromatic N) is 3. The van der Waals surface area contributed by atoms with Gasteiger partial charge in [0.05, 0.1) is 12.7 Å². The largest absolute Gasteiger partial charge is 0.353 e. The number of nitrogens with two attached hydrogens (primary N) is 1. The van der Waals surface area contributed by atoms with E-state index < -0.39 is 0 Å². The molecule has 0 saturated carbocycles. The van der Waals surface area contributed by atoms with Crippen molar-refractivity contribution in [2.45, 2.75) is 19.4 Å². The molecule has 2 aliphatic rings. The molecule has 136 valence electrons. The second kappa shape index (κ2) is 6.95. The second-order valence-corrected chi connectivity index (χ2v) is 7.34. The maximum Gasteiger partial charge on any atom is 0.239 e. The van der Waals surface area contributed by atoms with Crippen molar-refractivity contribution in [1.82, 2.24) is 14.7 Å². The Morgan fingerprint density at radius 3 is 2.88 bits per heavy atom. The normalized spacial score (nSPS) is 18.3. The van der Waals surface area contributed by atoms with Gasteiger partial charge in [-0.15, -0.1) is 0 Å². The van der Waals surface area contributed by atoms with Crippen LogP contribution in [0.3, 0.4) is 0 Å². The van der Waals surface area contributed by atoms with Crippen molar-refractivity contribution in [3.63, 3.8) is 0 Å². The summed E-state index contributed by atoms with van der Waals surface area (Å²) < 4.78 is 2.00. The predicted molar refractivity (Wildman–Crippen MR) is 104 cm³/mol. The Labute approximate surface area is 161 Å². The van der Waals surface area contributed by atoms with Gasteiger partial charge in [-0.25, -0.2) is 4.98 Å². The van der Waals surface area contributed by atoms with E-state index in [0.29, 0.717) is 24.7 Å². The van der Waals surface area contributed by atoms with Gasteiger partial charge in [-0.2, -0.15) is 0 Å². The summed E-state index contributed by atoms with van der Waals surface area (Å²) in [6.07, 6.45) is 7.15. The van der Waals surface area contributed by atoms with E-state index in [9.17, 15) is 4.79 Å². The van der Waals surface area contributed by atoms with Crippen LogP contribution in [0.15, 0.2) is 34.6 Å². The number of imidazole rings is 1. The summed E-state index contributed by atoms with van der Waals surface area (Å²) in [7, 11) is 0. The molecule has 4 rings (SSSR count). The third kappa shape index (κ3) is 3.09.